The summed E-state index contributed by atoms with van der Waals surface area (Å²) in [7, 11) is -2.30. The number of nitrogen functional groups attached to an aromatic ring is 1. The number of rotatable bonds is 5. The van der Waals surface area contributed by atoms with Crippen molar-refractivity contribution in [1.29, 1.82) is 0 Å². The van der Waals surface area contributed by atoms with Crippen molar-refractivity contribution in [2.45, 2.75) is 18.4 Å². The predicted octanol–water partition coefficient (Wildman–Crippen LogP) is 0.447. The minimum absolute atomic E-state index is 0.0415. The van der Waals surface area contributed by atoms with Crippen molar-refractivity contribution < 1.29 is 17.7 Å². The van der Waals surface area contributed by atoms with E-state index in [0.29, 0.717) is 17.3 Å². The molecule has 20 heavy (non-hydrogen) atoms. The maximum absolute atomic E-state index is 12.1. The Morgan fingerprint density at radius 1 is 1.45 bits per heavy atom. The van der Waals surface area contributed by atoms with Gasteiger partial charge in [-0.15, -0.1) is 0 Å². The molecule has 1 aromatic carbocycles. The van der Waals surface area contributed by atoms with Gasteiger partial charge in [-0.25, -0.2) is 13.1 Å². The van der Waals surface area contributed by atoms with Crippen LogP contribution in [-0.4, -0.2) is 25.7 Å². The molecule has 9 heteroatoms. The van der Waals surface area contributed by atoms with E-state index in [0.717, 1.165) is 0 Å². The summed E-state index contributed by atoms with van der Waals surface area (Å²) in [6.45, 7) is 1.56. The van der Waals surface area contributed by atoms with Crippen LogP contribution < -0.4 is 15.2 Å². The Morgan fingerprint density at radius 3 is 2.80 bits per heavy atom. The first-order valence-corrected chi connectivity index (χ1v) is 7.13. The number of nitrogens with zero attached hydrogens (tertiary/aromatic N) is 2. The number of ether oxygens (including phenoxy) is 1. The molecule has 0 unspecified atom stereocenters. The number of hydrogen-bond donors (Lipinski definition) is 2. The Bertz CT molecular complexity index is 711. The number of benzene rings is 1. The standard InChI is InChI=1S/C11H14N4O4S/c1-7-14-11(19-15-7)6-13-20(16,17)8-3-4-9(12)10(5-8)18-2/h3-5,13H,6,12H2,1-2H3. The molecule has 0 fully saturated rings. The lowest BCUT2D eigenvalue weighted by molar-refractivity contribution is 0.372. The highest BCUT2D eigenvalue weighted by Gasteiger charge is 2.17. The number of aryl methyl sites for hydroxylation is 1. The largest absolute Gasteiger partial charge is 0.495 e. The van der Waals surface area contributed by atoms with Gasteiger partial charge >= 0.3 is 0 Å². The lowest BCUT2D eigenvalue weighted by Crippen LogP contribution is -2.23. The first-order chi connectivity index (χ1) is 9.42. The molecule has 0 bridgehead atoms. The van der Waals surface area contributed by atoms with Crippen molar-refractivity contribution in [3.05, 3.63) is 29.9 Å². The summed E-state index contributed by atoms with van der Waals surface area (Å²) < 4.78 is 36.4. The fourth-order valence-corrected chi connectivity index (χ4v) is 2.50. The second-order valence-corrected chi connectivity index (χ2v) is 5.73. The van der Waals surface area contributed by atoms with Crippen LogP contribution in [0, 0.1) is 6.92 Å². The summed E-state index contributed by atoms with van der Waals surface area (Å²) >= 11 is 0. The quantitative estimate of drug-likeness (QED) is 0.768. The molecule has 3 N–H and O–H groups in total. The van der Waals surface area contributed by atoms with Gasteiger partial charge < -0.3 is 15.0 Å². The zero-order valence-electron chi connectivity index (χ0n) is 11.0. The zero-order valence-corrected chi connectivity index (χ0v) is 11.8. The molecule has 108 valence electrons. The van der Waals surface area contributed by atoms with E-state index in [1.54, 1.807) is 6.92 Å². The molecule has 0 aliphatic heterocycles. The normalized spacial score (nSPS) is 11.5. The van der Waals surface area contributed by atoms with Crippen LogP contribution in [0.5, 0.6) is 5.75 Å². The van der Waals surface area contributed by atoms with Crippen molar-refractivity contribution in [3.8, 4) is 5.75 Å². The molecule has 8 nitrogen and oxygen atoms in total. The molecule has 0 spiro atoms. The Kier molecular flexibility index (Phi) is 3.91. The first kappa shape index (κ1) is 14.3. The molecular weight excluding hydrogens is 284 g/mol. The smallest absolute Gasteiger partial charge is 0.241 e. The summed E-state index contributed by atoms with van der Waals surface area (Å²) in [4.78, 5) is 3.95. The predicted molar refractivity (Wildman–Crippen MR) is 70.5 cm³/mol. The molecule has 0 saturated heterocycles. The van der Waals surface area contributed by atoms with Crippen molar-refractivity contribution in [2.75, 3.05) is 12.8 Å². The average Bonchev–Trinajstić information content (AvgIpc) is 2.83. The van der Waals surface area contributed by atoms with Gasteiger partial charge in [0.05, 0.1) is 24.2 Å². The van der Waals surface area contributed by atoms with Gasteiger partial charge in [-0.1, -0.05) is 5.16 Å². The number of anilines is 1. The van der Waals surface area contributed by atoms with Gasteiger partial charge in [-0.3, -0.25) is 0 Å². The maximum Gasteiger partial charge on any atom is 0.241 e. The summed E-state index contributed by atoms with van der Waals surface area (Å²) in [5.74, 6) is 0.920. The first-order valence-electron chi connectivity index (χ1n) is 5.65. The lowest BCUT2D eigenvalue weighted by Gasteiger charge is -2.08. The molecule has 0 aliphatic rings. The highest BCUT2D eigenvalue weighted by Crippen LogP contribution is 2.24. The number of methoxy groups -OCH3 is 1. The van der Waals surface area contributed by atoms with Gasteiger partial charge in [0, 0.05) is 6.07 Å². The molecule has 2 rings (SSSR count). The second-order valence-electron chi connectivity index (χ2n) is 3.96. The number of sulfonamides is 1. The molecule has 0 saturated carbocycles. The molecular formula is C11H14N4O4S. The second kappa shape index (κ2) is 5.47. The van der Waals surface area contributed by atoms with Crippen molar-refractivity contribution in [1.82, 2.24) is 14.9 Å². The van der Waals surface area contributed by atoms with E-state index in [1.165, 1.54) is 25.3 Å². The average molecular weight is 298 g/mol. The number of nitrogens with two attached hydrogens (primary N) is 1. The van der Waals surface area contributed by atoms with Gasteiger partial charge in [0.2, 0.25) is 15.9 Å². The van der Waals surface area contributed by atoms with E-state index in [9.17, 15) is 8.42 Å². The highest BCUT2D eigenvalue weighted by atomic mass is 32.2. The highest BCUT2D eigenvalue weighted by molar-refractivity contribution is 7.89. The van der Waals surface area contributed by atoms with E-state index < -0.39 is 10.0 Å². The SMILES string of the molecule is COc1cc(S(=O)(=O)NCc2nc(C)no2)ccc1N. The number of nitrogens with one attached hydrogen (secondary N) is 1. The number of hydrogen-bond acceptors (Lipinski definition) is 7. The van der Waals surface area contributed by atoms with Crippen LogP contribution in [0.15, 0.2) is 27.6 Å². The Hall–Kier alpha value is -2.13. The fraction of sp³-hybridized carbons (Fsp3) is 0.273. The molecule has 0 aliphatic carbocycles. The van der Waals surface area contributed by atoms with Gasteiger partial charge in [0.1, 0.15) is 5.75 Å². The van der Waals surface area contributed by atoms with Crippen LogP contribution in [0.2, 0.25) is 0 Å². The van der Waals surface area contributed by atoms with Gasteiger partial charge in [-0.05, 0) is 19.1 Å². The van der Waals surface area contributed by atoms with Crippen LogP contribution in [0.4, 0.5) is 5.69 Å². The van der Waals surface area contributed by atoms with Crippen molar-refractivity contribution in [2.24, 2.45) is 0 Å². The Labute approximate surface area is 116 Å². The molecule has 1 heterocycles. The molecule has 0 amide bonds. The van der Waals surface area contributed by atoms with E-state index in [-0.39, 0.29) is 17.3 Å². The third-order valence-corrected chi connectivity index (χ3v) is 3.90. The maximum atomic E-state index is 12.1. The molecule has 2 aromatic rings. The summed E-state index contributed by atoms with van der Waals surface area (Å²) in [6.07, 6.45) is 0. The van der Waals surface area contributed by atoms with E-state index in [1.807, 2.05) is 0 Å². The minimum atomic E-state index is -3.71. The van der Waals surface area contributed by atoms with Crippen LogP contribution in [0.3, 0.4) is 0 Å². The van der Waals surface area contributed by atoms with Crippen molar-refractivity contribution in [3.63, 3.8) is 0 Å². The monoisotopic (exact) mass is 298 g/mol. The summed E-state index contributed by atoms with van der Waals surface area (Å²) in [5.41, 5.74) is 6.00. The van der Waals surface area contributed by atoms with Crippen LogP contribution in [0.25, 0.3) is 0 Å². The third-order valence-electron chi connectivity index (χ3n) is 2.50. The van der Waals surface area contributed by atoms with Crippen LogP contribution in [-0.2, 0) is 16.6 Å². The van der Waals surface area contributed by atoms with Crippen LogP contribution >= 0.6 is 0 Å². The topological polar surface area (TPSA) is 120 Å². The summed E-state index contributed by atoms with van der Waals surface area (Å²) in [5, 5.41) is 3.57. The van der Waals surface area contributed by atoms with E-state index in [4.69, 9.17) is 15.0 Å². The van der Waals surface area contributed by atoms with Gasteiger partial charge in [-0.2, -0.15) is 4.98 Å². The number of aromatic nitrogens is 2. The molecule has 0 radical (unpaired) electrons. The van der Waals surface area contributed by atoms with Gasteiger partial charge in [0.15, 0.2) is 5.82 Å². The lowest BCUT2D eigenvalue weighted by atomic mass is 10.3. The van der Waals surface area contributed by atoms with E-state index in [2.05, 4.69) is 14.9 Å². The summed E-state index contributed by atoms with van der Waals surface area (Å²) in [6, 6.07) is 4.19. The van der Waals surface area contributed by atoms with E-state index >= 15 is 0 Å². The minimum Gasteiger partial charge on any atom is -0.495 e. The van der Waals surface area contributed by atoms with Crippen molar-refractivity contribution >= 4 is 15.7 Å². The molecule has 0 atom stereocenters. The third kappa shape index (κ3) is 3.06. The van der Waals surface area contributed by atoms with Crippen LogP contribution in [0.1, 0.15) is 11.7 Å². The van der Waals surface area contributed by atoms with Gasteiger partial charge in [0.25, 0.3) is 0 Å². The Balaban J connectivity index is 2.17. The zero-order chi connectivity index (χ0) is 14.8. The molecule has 1 aromatic heterocycles. The Morgan fingerprint density at radius 2 is 2.20 bits per heavy atom. The fourth-order valence-electron chi connectivity index (χ4n) is 1.51.